The minimum atomic E-state index is -1.20. The first kappa shape index (κ1) is 17.3. The molecular formula is C21H20N2O4. The monoisotopic (exact) mass is 364 g/mol. The Bertz CT molecular complexity index is 1050. The molecule has 1 aromatic heterocycles. The lowest BCUT2D eigenvalue weighted by molar-refractivity contribution is -0.158. The molecule has 2 atom stereocenters. The van der Waals surface area contributed by atoms with E-state index in [2.05, 4.69) is 21.7 Å². The van der Waals surface area contributed by atoms with E-state index < -0.39 is 17.9 Å². The van der Waals surface area contributed by atoms with Crippen LogP contribution in [0.25, 0.3) is 11.0 Å². The molecule has 1 N–H and O–H groups in total. The summed E-state index contributed by atoms with van der Waals surface area (Å²) in [6.45, 7) is 3.82. The van der Waals surface area contributed by atoms with E-state index in [4.69, 9.17) is 4.74 Å². The number of para-hydroxylation sites is 1. The number of carbonyl (C=O) groups is 2. The van der Waals surface area contributed by atoms with Crippen molar-refractivity contribution in [3.05, 3.63) is 65.0 Å². The molecule has 4 bridgehead atoms. The third-order valence-corrected chi connectivity index (χ3v) is 5.06. The summed E-state index contributed by atoms with van der Waals surface area (Å²) in [4.78, 5) is 28.1. The lowest BCUT2D eigenvalue weighted by atomic mass is 9.94. The predicted octanol–water partition coefficient (Wildman–Crippen LogP) is 3.10. The zero-order valence-electron chi connectivity index (χ0n) is 15.2. The van der Waals surface area contributed by atoms with Crippen LogP contribution in [0.2, 0.25) is 0 Å². The van der Waals surface area contributed by atoms with E-state index in [1.54, 1.807) is 6.92 Å². The van der Waals surface area contributed by atoms with Crippen molar-refractivity contribution in [2.75, 3.05) is 6.61 Å². The normalized spacial score (nSPS) is 16.0. The van der Waals surface area contributed by atoms with Gasteiger partial charge in [0.1, 0.15) is 5.82 Å². The Hall–Kier alpha value is -3.15. The van der Waals surface area contributed by atoms with Gasteiger partial charge in [-0.05, 0) is 37.5 Å². The molecule has 4 rings (SSSR count). The van der Waals surface area contributed by atoms with Crippen molar-refractivity contribution in [2.24, 2.45) is 5.92 Å². The Labute approximate surface area is 156 Å². The maximum atomic E-state index is 12.0. The third kappa shape index (κ3) is 2.77. The van der Waals surface area contributed by atoms with Crippen LogP contribution in [0.1, 0.15) is 35.5 Å². The Balaban J connectivity index is 1.67. The van der Waals surface area contributed by atoms with Crippen LogP contribution >= 0.6 is 0 Å². The van der Waals surface area contributed by atoms with Crippen LogP contribution in [0, 0.1) is 12.8 Å². The second kappa shape index (κ2) is 6.54. The fraction of sp³-hybridized carbons (Fsp3) is 0.286. The quantitative estimate of drug-likeness (QED) is 0.420. The Morgan fingerprint density at radius 3 is 2.74 bits per heavy atom. The molecule has 6 nitrogen and oxygen atoms in total. The van der Waals surface area contributed by atoms with Gasteiger partial charge in [-0.15, -0.1) is 0 Å². The molecule has 1 aliphatic heterocycles. The third-order valence-electron chi connectivity index (χ3n) is 5.06. The summed E-state index contributed by atoms with van der Waals surface area (Å²) >= 11 is 0. The van der Waals surface area contributed by atoms with Crippen LogP contribution in [0.4, 0.5) is 0 Å². The van der Waals surface area contributed by atoms with Crippen LogP contribution in [0.15, 0.2) is 42.5 Å². The number of aromatic nitrogens is 2. The highest BCUT2D eigenvalue weighted by Crippen LogP contribution is 2.41. The summed E-state index contributed by atoms with van der Waals surface area (Å²) in [6, 6.07) is 14.0. The second-order valence-corrected chi connectivity index (χ2v) is 6.74. The van der Waals surface area contributed by atoms with Gasteiger partial charge in [-0.2, -0.15) is 0 Å². The molecule has 0 spiro atoms. The fourth-order valence-corrected chi connectivity index (χ4v) is 3.91. The van der Waals surface area contributed by atoms with Gasteiger partial charge in [0, 0.05) is 5.56 Å². The average molecular weight is 364 g/mol. The highest BCUT2D eigenvalue weighted by Gasteiger charge is 2.31. The number of hydrogen-bond donors (Lipinski definition) is 1. The molecule has 0 fully saturated rings. The van der Waals surface area contributed by atoms with Crippen molar-refractivity contribution in [1.82, 2.24) is 9.55 Å². The minimum absolute atomic E-state index is 0.0355. The maximum Gasteiger partial charge on any atom is 0.320 e. The zero-order chi connectivity index (χ0) is 19.1. The highest BCUT2D eigenvalue weighted by atomic mass is 16.5. The number of nitrogens with zero attached hydrogens (tertiary/aromatic N) is 2. The summed E-state index contributed by atoms with van der Waals surface area (Å²) in [5.41, 5.74) is 5.12. The number of carboxylic acid groups (broad SMARTS) is 1. The summed E-state index contributed by atoms with van der Waals surface area (Å²) in [6.07, 6.45) is 0.103. The maximum absolute atomic E-state index is 12.0. The Kier molecular flexibility index (Phi) is 4.18. The van der Waals surface area contributed by atoms with Gasteiger partial charge < -0.3 is 14.4 Å². The molecule has 138 valence electrons. The van der Waals surface area contributed by atoms with Crippen LogP contribution in [-0.4, -0.2) is 33.2 Å². The number of rotatable bonds is 6. The molecular weight excluding hydrogens is 344 g/mol. The van der Waals surface area contributed by atoms with Gasteiger partial charge in [-0.3, -0.25) is 9.59 Å². The van der Waals surface area contributed by atoms with E-state index in [9.17, 15) is 14.7 Å². The van der Waals surface area contributed by atoms with Crippen LogP contribution in [-0.2, 0) is 20.7 Å². The fourth-order valence-electron chi connectivity index (χ4n) is 3.91. The molecule has 0 saturated heterocycles. The van der Waals surface area contributed by atoms with Crippen molar-refractivity contribution in [3.63, 3.8) is 0 Å². The minimum Gasteiger partial charge on any atom is -0.481 e. The van der Waals surface area contributed by atoms with Crippen LogP contribution in [0.5, 0.6) is 0 Å². The smallest absolute Gasteiger partial charge is 0.320 e. The number of ether oxygens (including phenoxy) is 1. The predicted molar refractivity (Wildman–Crippen MR) is 99.6 cm³/mol. The summed E-state index contributed by atoms with van der Waals surface area (Å²) in [7, 11) is 0. The lowest BCUT2D eigenvalue weighted by Gasteiger charge is -2.20. The molecule has 2 unspecified atom stereocenters. The number of imidazole rings is 1. The van der Waals surface area contributed by atoms with Crippen molar-refractivity contribution in [1.29, 1.82) is 0 Å². The largest absolute Gasteiger partial charge is 0.481 e. The van der Waals surface area contributed by atoms with E-state index in [1.807, 2.05) is 37.3 Å². The van der Waals surface area contributed by atoms with Crippen molar-refractivity contribution >= 4 is 23.0 Å². The molecule has 2 heterocycles. The molecule has 0 aliphatic carbocycles. The lowest BCUT2D eigenvalue weighted by Crippen LogP contribution is -2.28. The molecule has 2 aromatic carbocycles. The summed E-state index contributed by atoms with van der Waals surface area (Å²) in [5, 5.41) is 9.41. The number of esters is 1. The number of carboxylic acids is 1. The van der Waals surface area contributed by atoms with E-state index in [0.717, 1.165) is 33.5 Å². The first-order valence-electron chi connectivity index (χ1n) is 8.97. The zero-order valence-corrected chi connectivity index (χ0v) is 15.2. The molecule has 3 aromatic rings. The van der Waals surface area contributed by atoms with Gasteiger partial charge in [-0.25, -0.2) is 4.98 Å². The van der Waals surface area contributed by atoms with Gasteiger partial charge in [0.25, 0.3) is 0 Å². The molecule has 0 radical (unpaired) electrons. The Morgan fingerprint density at radius 1 is 1.26 bits per heavy atom. The molecule has 27 heavy (non-hydrogen) atoms. The van der Waals surface area contributed by atoms with E-state index in [1.165, 1.54) is 0 Å². The second-order valence-electron chi connectivity index (χ2n) is 6.74. The van der Waals surface area contributed by atoms with Crippen molar-refractivity contribution < 1.29 is 19.4 Å². The van der Waals surface area contributed by atoms with Crippen molar-refractivity contribution in [3.8, 4) is 0 Å². The molecule has 6 heteroatoms. The van der Waals surface area contributed by atoms with Gasteiger partial charge >= 0.3 is 11.9 Å². The molecule has 0 saturated carbocycles. The number of aryl methyl sites for hydroxylation is 1. The number of aliphatic carboxylic acids is 1. The first-order valence-corrected chi connectivity index (χ1v) is 8.97. The van der Waals surface area contributed by atoms with Gasteiger partial charge in [0.2, 0.25) is 0 Å². The van der Waals surface area contributed by atoms with E-state index >= 15 is 0 Å². The topological polar surface area (TPSA) is 81.4 Å². The average Bonchev–Trinajstić information content (AvgIpc) is 3.03. The Morgan fingerprint density at radius 2 is 2.04 bits per heavy atom. The van der Waals surface area contributed by atoms with Gasteiger partial charge in [0.05, 0.1) is 23.7 Å². The summed E-state index contributed by atoms with van der Waals surface area (Å²) in [5.74, 6) is -2.11. The standard InChI is InChI=1S/C21H20N2O4/c1-3-27-21(26)16(20(24)25)11-13-6-4-7-14(10-13)19-15-8-5-9-17-18(15)22-12(2)23(17)19/h4-10,16,19H,3,11H2,1-2H3,(H,24,25). The van der Waals surface area contributed by atoms with E-state index in [0.29, 0.717) is 0 Å². The SMILES string of the molecule is CCOC(=O)C(Cc1cccc(C2c3cccc4c3nc(C)n42)c1)C(=O)O. The molecule has 0 amide bonds. The van der Waals surface area contributed by atoms with Gasteiger partial charge in [-0.1, -0.05) is 36.4 Å². The number of benzene rings is 2. The number of hydrogen-bond acceptors (Lipinski definition) is 4. The first-order chi connectivity index (χ1) is 13.0. The van der Waals surface area contributed by atoms with Crippen molar-refractivity contribution in [2.45, 2.75) is 26.3 Å². The summed E-state index contributed by atoms with van der Waals surface area (Å²) < 4.78 is 7.11. The number of carbonyl (C=O) groups excluding carboxylic acids is 1. The van der Waals surface area contributed by atoms with Crippen LogP contribution < -0.4 is 0 Å². The molecule has 1 aliphatic rings. The van der Waals surface area contributed by atoms with Crippen LogP contribution in [0.3, 0.4) is 0 Å². The van der Waals surface area contributed by atoms with Gasteiger partial charge in [0.15, 0.2) is 5.92 Å². The van der Waals surface area contributed by atoms with E-state index in [-0.39, 0.29) is 19.1 Å². The highest BCUT2D eigenvalue weighted by molar-refractivity contribution is 5.94.